The number of methoxy groups -OCH3 is 1. The Morgan fingerprint density at radius 3 is 2.62 bits per heavy atom. The Morgan fingerprint density at radius 2 is 2.23 bits per heavy atom. The highest BCUT2D eigenvalue weighted by atomic mass is 16.5. The molecule has 0 aromatic carbocycles. The summed E-state index contributed by atoms with van der Waals surface area (Å²) in [7, 11) is 1.54. The molecule has 0 fully saturated rings. The third-order valence-electron chi connectivity index (χ3n) is 1.50. The molecule has 0 rings (SSSR count). The molecular weight excluding hydrogens is 174 g/mol. The van der Waals surface area contributed by atoms with Gasteiger partial charge in [-0.05, 0) is 19.9 Å². The molecule has 0 saturated heterocycles. The number of carboxylic acid groups (broad SMARTS) is 1. The average molecular weight is 191 g/mol. The highest BCUT2D eigenvalue weighted by molar-refractivity contribution is 5.72. The molecule has 0 aliphatic rings. The van der Waals surface area contributed by atoms with E-state index in [0.717, 1.165) is 0 Å². The van der Waals surface area contributed by atoms with Crippen molar-refractivity contribution in [3.05, 3.63) is 0 Å². The number of ether oxygens (including phenoxy) is 2. The lowest BCUT2D eigenvalue weighted by Crippen LogP contribution is -2.32. The fourth-order valence-corrected chi connectivity index (χ4v) is 0.956. The molecule has 0 amide bonds. The van der Waals surface area contributed by atoms with E-state index in [1.807, 2.05) is 0 Å². The molecule has 0 aromatic rings. The number of carboxylic acids is 1. The van der Waals surface area contributed by atoms with Crippen molar-refractivity contribution in [1.29, 1.82) is 0 Å². The van der Waals surface area contributed by atoms with Crippen LogP contribution in [0.3, 0.4) is 0 Å². The van der Waals surface area contributed by atoms with Gasteiger partial charge in [0.05, 0.1) is 12.7 Å². The Morgan fingerprint density at radius 1 is 1.62 bits per heavy atom. The summed E-state index contributed by atoms with van der Waals surface area (Å²) >= 11 is 0. The molecule has 0 bridgehead atoms. The molecule has 2 unspecified atom stereocenters. The molecule has 5 nitrogen and oxygen atoms in total. The zero-order valence-electron chi connectivity index (χ0n) is 8.03. The van der Waals surface area contributed by atoms with Crippen molar-refractivity contribution in [3.8, 4) is 0 Å². The Hall–Kier alpha value is -0.650. The lowest BCUT2D eigenvalue weighted by molar-refractivity contribution is -0.155. The van der Waals surface area contributed by atoms with Crippen LogP contribution in [0.15, 0.2) is 0 Å². The number of nitrogens with two attached hydrogens (primary N) is 1. The summed E-state index contributed by atoms with van der Waals surface area (Å²) < 4.78 is 10.0. The standard InChI is InChI=1S/C8H17NO4/c1-6(5-12-2)13-7(3-4-9)8(10)11/h6-7H,3-5,9H2,1-2H3,(H,10,11). The SMILES string of the molecule is COCC(C)OC(CCN)C(=O)O. The van der Waals surface area contributed by atoms with Crippen molar-refractivity contribution < 1.29 is 19.4 Å². The second-order valence-electron chi connectivity index (χ2n) is 2.81. The summed E-state index contributed by atoms with van der Waals surface area (Å²) in [5.41, 5.74) is 5.24. The highest BCUT2D eigenvalue weighted by Crippen LogP contribution is 2.03. The second kappa shape index (κ2) is 6.82. The fourth-order valence-electron chi connectivity index (χ4n) is 0.956. The van der Waals surface area contributed by atoms with E-state index in [4.69, 9.17) is 20.3 Å². The smallest absolute Gasteiger partial charge is 0.332 e. The Labute approximate surface area is 77.8 Å². The predicted molar refractivity (Wildman–Crippen MR) is 47.5 cm³/mol. The van der Waals surface area contributed by atoms with Crippen LogP contribution >= 0.6 is 0 Å². The summed E-state index contributed by atoms with van der Waals surface area (Å²) in [5.74, 6) is -0.978. The van der Waals surface area contributed by atoms with Crippen LogP contribution in [0.5, 0.6) is 0 Å². The Balaban J connectivity index is 3.86. The maximum absolute atomic E-state index is 10.6. The van der Waals surface area contributed by atoms with Crippen molar-refractivity contribution >= 4 is 5.97 Å². The first-order valence-corrected chi connectivity index (χ1v) is 4.19. The first-order chi connectivity index (χ1) is 6.11. The van der Waals surface area contributed by atoms with E-state index in [-0.39, 0.29) is 6.10 Å². The van der Waals surface area contributed by atoms with E-state index in [1.165, 1.54) is 0 Å². The summed E-state index contributed by atoms with van der Waals surface area (Å²) in [6.07, 6.45) is -0.726. The van der Waals surface area contributed by atoms with Crippen LogP contribution in [0.2, 0.25) is 0 Å². The minimum absolute atomic E-state index is 0.224. The zero-order chi connectivity index (χ0) is 10.3. The van der Waals surface area contributed by atoms with Crippen LogP contribution in [0.1, 0.15) is 13.3 Å². The summed E-state index contributed by atoms with van der Waals surface area (Å²) in [5, 5.41) is 8.70. The van der Waals surface area contributed by atoms with Crippen LogP contribution in [-0.4, -0.2) is 43.5 Å². The molecular formula is C8H17NO4. The first kappa shape index (κ1) is 12.3. The van der Waals surface area contributed by atoms with E-state index < -0.39 is 12.1 Å². The van der Waals surface area contributed by atoms with Crippen LogP contribution in [0, 0.1) is 0 Å². The van der Waals surface area contributed by atoms with Gasteiger partial charge in [-0.2, -0.15) is 0 Å². The Bertz CT molecular complexity index is 151. The van der Waals surface area contributed by atoms with Crippen molar-refractivity contribution in [2.45, 2.75) is 25.6 Å². The fraction of sp³-hybridized carbons (Fsp3) is 0.875. The molecule has 0 saturated carbocycles. The van der Waals surface area contributed by atoms with E-state index in [9.17, 15) is 4.79 Å². The molecule has 5 heteroatoms. The number of carbonyl (C=O) groups is 1. The van der Waals surface area contributed by atoms with Crippen LogP contribution in [0.25, 0.3) is 0 Å². The first-order valence-electron chi connectivity index (χ1n) is 4.19. The molecule has 2 atom stereocenters. The molecule has 0 heterocycles. The number of rotatable bonds is 7. The van der Waals surface area contributed by atoms with Gasteiger partial charge in [0.1, 0.15) is 0 Å². The van der Waals surface area contributed by atoms with Crippen molar-refractivity contribution in [2.24, 2.45) is 5.73 Å². The number of hydrogen-bond donors (Lipinski definition) is 2. The quantitative estimate of drug-likeness (QED) is 0.584. The van der Waals surface area contributed by atoms with Gasteiger partial charge in [-0.3, -0.25) is 0 Å². The molecule has 0 spiro atoms. The number of hydrogen-bond acceptors (Lipinski definition) is 4. The highest BCUT2D eigenvalue weighted by Gasteiger charge is 2.19. The topological polar surface area (TPSA) is 81.8 Å². The maximum Gasteiger partial charge on any atom is 0.332 e. The lowest BCUT2D eigenvalue weighted by atomic mass is 10.2. The third kappa shape index (κ3) is 5.57. The molecule has 0 radical (unpaired) electrons. The van der Waals surface area contributed by atoms with Gasteiger partial charge in [0.25, 0.3) is 0 Å². The minimum atomic E-state index is -0.978. The molecule has 0 aliphatic heterocycles. The molecule has 3 N–H and O–H groups in total. The van der Waals surface area contributed by atoms with Gasteiger partial charge >= 0.3 is 5.97 Å². The van der Waals surface area contributed by atoms with Crippen LogP contribution in [-0.2, 0) is 14.3 Å². The molecule has 78 valence electrons. The Kier molecular flexibility index (Phi) is 6.48. The summed E-state index contributed by atoms with van der Waals surface area (Å²) in [6.45, 7) is 2.45. The van der Waals surface area contributed by atoms with Crippen molar-refractivity contribution in [1.82, 2.24) is 0 Å². The minimum Gasteiger partial charge on any atom is -0.479 e. The average Bonchev–Trinajstić information content (AvgIpc) is 2.04. The van der Waals surface area contributed by atoms with Gasteiger partial charge in [0, 0.05) is 7.11 Å². The van der Waals surface area contributed by atoms with Gasteiger partial charge in [-0.1, -0.05) is 0 Å². The van der Waals surface area contributed by atoms with E-state index in [0.29, 0.717) is 19.6 Å². The van der Waals surface area contributed by atoms with E-state index >= 15 is 0 Å². The van der Waals surface area contributed by atoms with E-state index in [2.05, 4.69) is 0 Å². The van der Waals surface area contributed by atoms with E-state index in [1.54, 1.807) is 14.0 Å². The monoisotopic (exact) mass is 191 g/mol. The van der Waals surface area contributed by atoms with Gasteiger partial charge in [-0.25, -0.2) is 4.79 Å². The second-order valence-corrected chi connectivity index (χ2v) is 2.81. The maximum atomic E-state index is 10.6. The van der Waals surface area contributed by atoms with Gasteiger partial charge in [0.15, 0.2) is 6.10 Å². The zero-order valence-corrected chi connectivity index (χ0v) is 8.03. The van der Waals surface area contributed by atoms with Crippen molar-refractivity contribution in [3.63, 3.8) is 0 Å². The third-order valence-corrected chi connectivity index (χ3v) is 1.50. The lowest BCUT2D eigenvalue weighted by Gasteiger charge is -2.17. The largest absolute Gasteiger partial charge is 0.479 e. The molecule has 0 aliphatic carbocycles. The van der Waals surface area contributed by atoms with Gasteiger partial charge in [0.2, 0.25) is 0 Å². The van der Waals surface area contributed by atoms with Crippen LogP contribution < -0.4 is 5.73 Å². The summed E-state index contributed by atoms with van der Waals surface area (Å²) in [6, 6.07) is 0. The van der Waals surface area contributed by atoms with Gasteiger partial charge in [-0.15, -0.1) is 0 Å². The molecule has 13 heavy (non-hydrogen) atoms. The number of aliphatic carboxylic acids is 1. The van der Waals surface area contributed by atoms with Gasteiger partial charge < -0.3 is 20.3 Å². The normalized spacial score (nSPS) is 15.3. The van der Waals surface area contributed by atoms with Crippen molar-refractivity contribution in [2.75, 3.05) is 20.3 Å². The predicted octanol–water partition coefficient (Wildman–Crippen LogP) is -0.160. The molecule has 0 aromatic heterocycles. The summed E-state index contributed by atoms with van der Waals surface area (Å²) in [4.78, 5) is 10.6. The van der Waals surface area contributed by atoms with Crippen LogP contribution in [0.4, 0.5) is 0 Å².